The van der Waals surface area contributed by atoms with Gasteiger partial charge in [0.15, 0.2) is 0 Å². The Morgan fingerprint density at radius 1 is 1.24 bits per heavy atom. The quantitative estimate of drug-likeness (QED) is 0.787. The zero-order valence-electron chi connectivity index (χ0n) is 17.3. The summed E-state index contributed by atoms with van der Waals surface area (Å²) in [5, 5.41) is 7.16. The molecular formula is C20H31N5O4. The van der Waals surface area contributed by atoms with E-state index in [9.17, 15) is 14.4 Å². The molecule has 1 aliphatic carbocycles. The Kier molecular flexibility index (Phi) is 7.24. The van der Waals surface area contributed by atoms with E-state index in [1.54, 1.807) is 26.7 Å². The molecule has 2 aliphatic rings. The van der Waals surface area contributed by atoms with Crippen molar-refractivity contribution in [2.45, 2.75) is 45.2 Å². The number of nitrogens with one attached hydrogen (secondary N) is 1. The molecule has 2 heterocycles. The van der Waals surface area contributed by atoms with Gasteiger partial charge < -0.3 is 19.9 Å². The van der Waals surface area contributed by atoms with Gasteiger partial charge in [0.05, 0.1) is 5.92 Å². The van der Waals surface area contributed by atoms with Gasteiger partial charge in [-0.2, -0.15) is 5.10 Å². The third kappa shape index (κ3) is 4.77. The molecule has 0 radical (unpaired) electrons. The van der Waals surface area contributed by atoms with E-state index < -0.39 is 0 Å². The zero-order valence-corrected chi connectivity index (χ0v) is 17.3. The second-order valence-electron chi connectivity index (χ2n) is 7.59. The van der Waals surface area contributed by atoms with Gasteiger partial charge in [0.25, 0.3) is 5.91 Å². The van der Waals surface area contributed by atoms with E-state index in [0.717, 1.165) is 25.7 Å². The number of carbonyl (C=O) groups excluding carboxylic acids is 3. The summed E-state index contributed by atoms with van der Waals surface area (Å²) in [4.78, 5) is 42.1. The minimum atomic E-state index is -0.201. The molecule has 0 unspecified atom stereocenters. The predicted octanol–water partition coefficient (Wildman–Crippen LogP) is 0.509. The van der Waals surface area contributed by atoms with E-state index in [1.165, 1.54) is 7.11 Å². The first-order chi connectivity index (χ1) is 14.1. The van der Waals surface area contributed by atoms with Gasteiger partial charge in [0, 0.05) is 52.1 Å². The monoisotopic (exact) mass is 405 g/mol. The number of hydrogen-bond acceptors (Lipinski definition) is 5. The number of aromatic nitrogens is 2. The van der Waals surface area contributed by atoms with Crippen LogP contribution in [0.5, 0.6) is 0 Å². The Bertz CT molecular complexity index is 734. The minimum absolute atomic E-state index is 0.0264. The van der Waals surface area contributed by atoms with Crippen LogP contribution in [0.3, 0.4) is 0 Å². The van der Waals surface area contributed by atoms with Crippen molar-refractivity contribution in [3.63, 3.8) is 0 Å². The summed E-state index contributed by atoms with van der Waals surface area (Å²) >= 11 is 0. The number of fused-ring (bicyclic) bond motifs is 1. The average molecular weight is 405 g/mol. The Morgan fingerprint density at radius 2 is 2.03 bits per heavy atom. The molecule has 1 saturated heterocycles. The molecule has 1 aromatic rings. The molecule has 2 fully saturated rings. The number of methoxy groups -OCH3 is 1. The first kappa shape index (κ1) is 21.3. The minimum Gasteiger partial charge on any atom is -0.375 e. The molecule has 29 heavy (non-hydrogen) atoms. The van der Waals surface area contributed by atoms with Crippen molar-refractivity contribution in [1.29, 1.82) is 0 Å². The highest BCUT2D eigenvalue weighted by Crippen LogP contribution is 2.29. The molecule has 160 valence electrons. The Balaban J connectivity index is 1.83. The van der Waals surface area contributed by atoms with E-state index >= 15 is 0 Å². The summed E-state index contributed by atoms with van der Waals surface area (Å²) < 4.78 is 6.73. The normalized spacial score (nSPS) is 23.3. The SMILES string of the molecule is CCn1nccc1C(=O)N1CCNC(=O)[C@H]2CCCC[C@H]2N(C(=O)COC)CC1. The van der Waals surface area contributed by atoms with Crippen LogP contribution >= 0.6 is 0 Å². The molecule has 0 spiro atoms. The summed E-state index contributed by atoms with van der Waals surface area (Å²) in [5.74, 6) is -0.506. The van der Waals surface area contributed by atoms with E-state index in [4.69, 9.17) is 4.74 Å². The van der Waals surface area contributed by atoms with E-state index in [2.05, 4.69) is 10.4 Å². The lowest BCUT2D eigenvalue weighted by atomic mass is 9.82. The van der Waals surface area contributed by atoms with Gasteiger partial charge in [0.1, 0.15) is 12.3 Å². The van der Waals surface area contributed by atoms with Crippen molar-refractivity contribution in [2.75, 3.05) is 39.9 Å². The summed E-state index contributed by atoms with van der Waals surface area (Å²) in [6.07, 6.45) is 5.17. The van der Waals surface area contributed by atoms with Gasteiger partial charge in [-0.1, -0.05) is 12.8 Å². The Labute approximate surface area is 171 Å². The van der Waals surface area contributed by atoms with Crippen LogP contribution in [0.4, 0.5) is 0 Å². The summed E-state index contributed by atoms with van der Waals surface area (Å²) in [6, 6.07) is 1.55. The Morgan fingerprint density at radius 3 is 2.79 bits per heavy atom. The smallest absolute Gasteiger partial charge is 0.272 e. The molecule has 9 nitrogen and oxygen atoms in total. The van der Waals surface area contributed by atoms with Crippen LogP contribution < -0.4 is 5.32 Å². The maximum atomic E-state index is 13.1. The van der Waals surface area contributed by atoms with E-state index in [1.807, 2.05) is 6.92 Å². The van der Waals surface area contributed by atoms with Crippen LogP contribution in [-0.2, 0) is 20.9 Å². The highest BCUT2D eigenvalue weighted by Gasteiger charge is 2.38. The van der Waals surface area contributed by atoms with Crippen LogP contribution in [0.1, 0.15) is 43.1 Å². The second-order valence-corrected chi connectivity index (χ2v) is 7.59. The van der Waals surface area contributed by atoms with Crippen molar-refractivity contribution in [1.82, 2.24) is 24.9 Å². The lowest BCUT2D eigenvalue weighted by Crippen LogP contribution is -2.56. The van der Waals surface area contributed by atoms with Crippen LogP contribution in [0.25, 0.3) is 0 Å². The van der Waals surface area contributed by atoms with Crippen molar-refractivity contribution >= 4 is 17.7 Å². The number of hydrogen-bond donors (Lipinski definition) is 1. The number of carbonyl (C=O) groups is 3. The van der Waals surface area contributed by atoms with Crippen LogP contribution in [0.2, 0.25) is 0 Å². The summed E-state index contributed by atoms with van der Waals surface area (Å²) in [6.45, 7) is 4.09. The van der Waals surface area contributed by atoms with Crippen LogP contribution in [-0.4, -0.2) is 83.2 Å². The molecule has 9 heteroatoms. The van der Waals surface area contributed by atoms with Gasteiger partial charge in [-0.25, -0.2) is 0 Å². The zero-order chi connectivity index (χ0) is 20.8. The predicted molar refractivity (Wildman–Crippen MR) is 106 cm³/mol. The van der Waals surface area contributed by atoms with Crippen molar-refractivity contribution < 1.29 is 19.1 Å². The second kappa shape index (κ2) is 9.87. The van der Waals surface area contributed by atoms with Gasteiger partial charge in [0.2, 0.25) is 11.8 Å². The molecule has 0 bridgehead atoms. The van der Waals surface area contributed by atoms with Crippen molar-refractivity contribution in [3.05, 3.63) is 18.0 Å². The molecular weight excluding hydrogens is 374 g/mol. The van der Waals surface area contributed by atoms with Crippen molar-refractivity contribution in [3.8, 4) is 0 Å². The molecule has 3 amide bonds. The maximum absolute atomic E-state index is 13.1. The first-order valence-corrected chi connectivity index (χ1v) is 10.4. The fourth-order valence-corrected chi connectivity index (χ4v) is 4.39. The summed E-state index contributed by atoms with van der Waals surface area (Å²) in [7, 11) is 1.49. The lowest BCUT2D eigenvalue weighted by molar-refractivity contribution is -0.142. The van der Waals surface area contributed by atoms with Gasteiger partial charge in [-0.3, -0.25) is 19.1 Å². The number of ether oxygens (including phenoxy) is 1. The van der Waals surface area contributed by atoms with Gasteiger partial charge in [-0.05, 0) is 25.8 Å². The average Bonchev–Trinajstić information content (AvgIpc) is 3.21. The third-order valence-electron chi connectivity index (χ3n) is 5.87. The van der Waals surface area contributed by atoms with E-state index in [-0.39, 0.29) is 36.3 Å². The Hall–Kier alpha value is -2.42. The molecule has 1 aliphatic heterocycles. The summed E-state index contributed by atoms with van der Waals surface area (Å²) in [5.41, 5.74) is 0.515. The molecule has 1 N–H and O–H groups in total. The van der Waals surface area contributed by atoms with Crippen LogP contribution in [0, 0.1) is 5.92 Å². The fraction of sp³-hybridized carbons (Fsp3) is 0.700. The van der Waals surface area contributed by atoms with Gasteiger partial charge in [-0.15, -0.1) is 0 Å². The topological polar surface area (TPSA) is 96.8 Å². The third-order valence-corrected chi connectivity index (χ3v) is 5.87. The molecule has 1 aromatic heterocycles. The highest BCUT2D eigenvalue weighted by molar-refractivity contribution is 5.92. The lowest BCUT2D eigenvalue weighted by Gasteiger charge is -2.41. The number of nitrogens with zero attached hydrogens (tertiary/aromatic N) is 4. The first-order valence-electron chi connectivity index (χ1n) is 10.4. The van der Waals surface area contributed by atoms with Gasteiger partial charge >= 0.3 is 0 Å². The van der Waals surface area contributed by atoms with Crippen molar-refractivity contribution in [2.24, 2.45) is 5.92 Å². The molecule has 2 atom stereocenters. The highest BCUT2D eigenvalue weighted by atomic mass is 16.5. The molecule has 1 saturated carbocycles. The molecule has 3 rings (SSSR count). The largest absolute Gasteiger partial charge is 0.375 e. The molecule has 0 aromatic carbocycles. The fourth-order valence-electron chi connectivity index (χ4n) is 4.39. The number of amides is 3. The van der Waals surface area contributed by atoms with Crippen LogP contribution in [0.15, 0.2) is 12.3 Å². The maximum Gasteiger partial charge on any atom is 0.272 e. The standard InChI is InChI=1S/C20H31N5O4/c1-3-25-17(8-9-22-25)20(28)23-11-10-21-19(27)15-6-4-5-7-16(15)24(13-12-23)18(26)14-29-2/h8-9,15-16H,3-7,10-14H2,1-2H3,(H,21,27)/t15-,16+/m0/s1. The van der Waals surface area contributed by atoms with E-state index in [0.29, 0.717) is 38.4 Å². The number of rotatable bonds is 4. The number of aryl methyl sites for hydroxylation is 1.